The molecule has 0 fully saturated rings. The summed E-state index contributed by atoms with van der Waals surface area (Å²) in [4.78, 5) is 27.3. The molecule has 0 aliphatic rings. The first kappa shape index (κ1) is 22.5. The molecule has 3 aromatic carbocycles. The molecule has 4 aromatic rings. The van der Waals surface area contributed by atoms with Crippen molar-refractivity contribution in [1.29, 1.82) is 0 Å². The molecular weight excluding hydrogens is 470 g/mol. The molecule has 0 spiro atoms. The highest BCUT2D eigenvalue weighted by molar-refractivity contribution is 6.42. The second-order valence-corrected chi connectivity index (χ2v) is 7.90. The van der Waals surface area contributed by atoms with Crippen molar-refractivity contribution in [3.05, 3.63) is 87.7 Å². The molecule has 0 bridgehead atoms. The number of aromatic nitrogens is 1. The highest BCUT2D eigenvalue weighted by Gasteiger charge is 2.14. The van der Waals surface area contributed by atoms with Crippen LogP contribution in [0.2, 0.25) is 10.0 Å². The molecule has 0 aliphatic carbocycles. The fourth-order valence-corrected chi connectivity index (χ4v) is 3.41. The number of carboxylic acids is 1. The van der Waals surface area contributed by atoms with Gasteiger partial charge in [0.15, 0.2) is 5.58 Å². The van der Waals surface area contributed by atoms with Crippen molar-refractivity contribution in [1.82, 2.24) is 4.98 Å². The summed E-state index contributed by atoms with van der Waals surface area (Å²) in [6.07, 6.45) is 2.58. The van der Waals surface area contributed by atoms with Crippen LogP contribution >= 0.6 is 23.2 Å². The Bertz CT molecular complexity index is 1420. The van der Waals surface area contributed by atoms with Gasteiger partial charge in [-0.05, 0) is 59.7 Å². The Morgan fingerprint density at radius 1 is 1.06 bits per heavy atom. The van der Waals surface area contributed by atoms with E-state index in [0.717, 1.165) is 0 Å². The lowest BCUT2D eigenvalue weighted by molar-refractivity contribution is -0.136. The highest BCUT2D eigenvalue weighted by atomic mass is 35.5. The average molecular weight is 485 g/mol. The molecule has 1 amide bonds. The molecule has 9 heteroatoms. The summed E-state index contributed by atoms with van der Waals surface area (Å²) < 4.78 is 20.3. The van der Waals surface area contributed by atoms with Crippen molar-refractivity contribution in [3.8, 4) is 11.5 Å². The third-order valence-corrected chi connectivity index (χ3v) is 5.38. The van der Waals surface area contributed by atoms with Gasteiger partial charge in [0, 0.05) is 11.8 Å². The average Bonchev–Trinajstić information content (AvgIpc) is 3.17. The number of carbonyl (C=O) groups excluding carboxylic acids is 1. The quantitative estimate of drug-likeness (QED) is 0.317. The number of carbonyl (C=O) groups is 2. The number of amides is 1. The minimum atomic E-state index is -0.960. The summed E-state index contributed by atoms with van der Waals surface area (Å²) in [6.45, 7) is 0. The summed E-state index contributed by atoms with van der Waals surface area (Å²) in [7, 11) is 0. The van der Waals surface area contributed by atoms with Crippen LogP contribution in [0.1, 0.15) is 11.1 Å². The van der Waals surface area contributed by atoms with E-state index in [2.05, 4.69) is 10.3 Å². The molecule has 0 saturated carbocycles. The second kappa shape index (κ2) is 9.44. The number of rotatable bonds is 6. The number of benzene rings is 3. The Balaban J connectivity index is 1.50. The largest absolute Gasteiger partial charge is 0.481 e. The molecule has 166 valence electrons. The molecule has 0 saturated heterocycles. The Hall–Kier alpha value is -3.68. The molecule has 0 aliphatic heterocycles. The van der Waals surface area contributed by atoms with Gasteiger partial charge in [-0.3, -0.25) is 9.59 Å². The normalized spacial score (nSPS) is 11.2. The third-order valence-electron chi connectivity index (χ3n) is 4.65. The van der Waals surface area contributed by atoms with Crippen molar-refractivity contribution < 1.29 is 23.5 Å². The fraction of sp³-hybridized carbons (Fsp3) is 0.0417. The Morgan fingerprint density at radius 2 is 1.88 bits per heavy atom. The van der Waals surface area contributed by atoms with Gasteiger partial charge in [-0.25, -0.2) is 9.37 Å². The first-order valence-electron chi connectivity index (χ1n) is 9.64. The van der Waals surface area contributed by atoms with Gasteiger partial charge < -0.3 is 14.8 Å². The van der Waals surface area contributed by atoms with Crippen LogP contribution in [0.5, 0.6) is 0 Å². The maximum Gasteiger partial charge on any atom is 0.307 e. The van der Waals surface area contributed by atoms with Gasteiger partial charge in [0.2, 0.25) is 11.8 Å². The van der Waals surface area contributed by atoms with Crippen LogP contribution < -0.4 is 5.32 Å². The third kappa shape index (κ3) is 5.39. The number of halogens is 3. The van der Waals surface area contributed by atoms with E-state index in [1.807, 2.05) is 0 Å². The maximum absolute atomic E-state index is 14.7. The number of nitrogens with zero attached hydrogens (tertiary/aromatic N) is 1. The Labute approximate surface area is 197 Å². The lowest BCUT2D eigenvalue weighted by Crippen LogP contribution is -2.07. The molecule has 1 aromatic heterocycles. The standard InChI is InChI=1S/C24H15Cl2FN2O4/c25-17-6-4-15(12-18(17)26)28-22(30)8-3-13-1-5-16(19(27)9-13)24-29-20-10-14(11-23(31)32)2-7-21(20)33-24/h1-10,12H,11H2,(H,28,30)(H,31,32). The molecule has 0 atom stereocenters. The van der Waals surface area contributed by atoms with Gasteiger partial charge in [0.05, 0.1) is 22.0 Å². The lowest BCUT2D eigenvalue weighted by Gasteiger charge is -2.04. The Morgan fingerprint density at radius 3 is 2.61 bits per heavy atom. The van der Waals surface area contributed by atoms with Gasteiger partial charge in [-0.1, -0.05) is 35.3 Å². The predicted molar refractivity (Wildman–Crippen MR) is 125 cm³/mol. The molecule has 6 nitrogen and oxygen atoms in total. The SMILES string of the molecule is O=C(O)Cc1ccc2oc(-c3ccc(C=CC(=O)Nc4ccc(Cl)c(Cl)c4)cc3F)nc2c1. The highest BCUT2D eigenvalue weighted by Crippen LogP contribution is 2.28. The zero-order valence-corrected chi connectivity index (χ0v) is 18.3. The molecule has 0 radical (unpaired) electrons. The molecule has 1 heterocycles. The minimum Gasteiger partial charge on any atom is -0.481 e. The van der Waals surface area contributed by atoms with E-state index in [9.17, 15) is 14.0 Å². The van der Waals surface area contributed by atoms with Crippen LogP contribution in [0.4, 0.5) is 10.1 Å². The molecule has 33 heavy (non-hydrogen) atoms. The van der Waals surface area contributed by atoms with Crippen LogP contribution in [-0.4, -0.2) is 22.0 Å². The summed E-state index contributed by atoms with van der Waals surface area (Å²) in [5, 5.41) is 12.3. The van der Waals surface area contributed by atoms with E-state index in [-0.39, 0.29) is 17.9 Å². The number of fused-ring (bicyclic) bond motifs is 1. The van der Waals surface area contributed by atoms with Gasteiger partial charge in [0.25, 0.3) is 0 Å². The zero-order valence-electron chi connectivity index (χ0n) is 16.8. The maximum atomic E-state index is 14.7. The summed E-state index contributed by atoms with van der Waals surface area (Å²) >= 11 is 11.8. The van der Waals surface area contributed by atoms with Crippen LogP contribution in [0.25, 0.3) is 28.6 Å². The van der Waals surface area contributed by atoms with Crippen LogP contribution in [-0.2, 0) is 16.0 Å². The number of carboxylic acid groups (broad SMARTS) is 1. The van der Waals surface area contributed by atoms with Crippen molar-refractivity contribution in [2.75, 3.05) is 5.32 Å². The number of oxazole rings is 1. The van der Waals surface area contributed by atoms with Crippen LogP contribution in [0, 0.1) is 5.82 Å². The van der Waals surface area contributed by atoms with Crippen molar-refractivity contribution in [2.45, 2.75) is 6.42 Å². The molecule has 0 unspecified atom stereocenters. The van der Waals surface area contributed by atoms with Crippen molar-refractivity contribution in [2.24, 2.45) is 0 Å². The number of hydrogen-bond donors (Lipinski definition) is 2. The van der Waals surface area contributed by atoms with Crippen molar-refractivity contribution >= 4 is 57.9 Å². The van der Waals surface area contributed by atoms with Gasteiger partial charge in [0.1, 0.15) is 11.3 Å². The Kier molecular flexibility index (Phi) is 6.44. The van der Waals surface area contributed by atoms with E-state index < -0.39 is 17.7 Å². The molecule has 2 N–H and O–H groups in total. The van der Waals surface area contributed by atoms with E-state index in [4.69, 9.17) is 32.7 Å². The predicted octanol–water partition coefficient (Wildman–Crippen LogP) is 6.22. The monoisotopic (exact) mass is 484 g/mol. The van der Waals surface area contributed by atoms with E-state index in [0.29, 0.717) is 38.0 Å². The number of anilines is 1. The number of nitrogens with one attached hydrogen (secondary N) is 1. The zero-order chi connectivity index (χ0) is 23.5. The van der Waals surface area contributed by atoms with E-state index >= 15 is 0 Å². The topological polar surface area (TPSA) is 92.4 Å². The smallest absolute Gasteiger partial charge is 0.307 e. The summed E-state index contributed by atoms with van der Waals surface area (Å²) in [5.41, 5.74) is 2.49. The van der Waals surface area contributed by atoms with E-state index in [1.165, 1.54) is 30.4 Å². The minimum absolute atomic E-state index is 0.0721. The van der Waals surface area contributed by atoms with Gasteiger partial charge in [-0.15, -0.1) is 0 Å². The first-order chi connectivity index (χ1) is 15.8. The van der Waals surface area contributed by atoms with Crippen LogP contribution in [0.15, 0.2) is 65.1 Å². The summed E-state index contributed by atoms with van der Waals surface area (Å²) in [6, 6.07) is 13.9. The number of hydrogen-bond acceptors (Lipinski definition) is 4. The first-order valence-corrected chi connectivity index (χ1v) is 10.4. The molecule has 4 rings (SSSR count). The van der Waals surface area contributed by atoms with Gasteiger partial charge in [-0.2, -0.15) is 0 Å². The summed E-state index contributed by atoms with van der Waals surface area (Å²) in [5.74, 6) is -1.89. The lowest BCUT2D eigenvalue weighted by atomic mass is 10.1. The second-order valence-electron chi connectivity index (χ2n) is 7.08. The van der Waals surface area contributed by atoms with E-state index in [1.54, 1.807) is 36.4 Å². The fourth-order valence-electron chi connectivity index (χ4n) is 3.11. The number of aliphatic carboxylic acids is 1. The van der Waals surface area contributed by atoms with Crippen LogP contribution in [0.3, 0.4) is 0 Å². The molecular formula is C24H15Cl2FN2O4. The van der Waals surface area contributed by atoms with Crippen molar-refractivity contribution in [3.63, 3.8) is 0 Å². The van der Waals surface area contributed by atoms with Gasteiger partial charge >= 0.3 is 5.97 Å².